The second kappa shape index (κ2) is 5.59. The van der Waals surface area contributed by atoms with E-state index in [1.807, 2.05) is 29.4 Å². The number of aromatic nitrogens is 1. The SMILES string of the molecule is CC(C)(C)CC(=O)N1CCN(c2ccncc2)CC1. The van der Waals surface area contributed by atoms with Crippen LogP contribution in [-0.4, -0.2) is 42.0 Å². The molecular weight excluding hydrogens is 238 g/mol. The molecule has 0 atom stereocenters. The molecule has 0 saturated carbocycles. The summed E-state index contributed by atoms with van der Waals surface area (Å²) in [5.74, 6) is 0.280. The Balaban J connectivity index is 1.88. The number of anilines is 1. The molecule has 1 saturated heterocycles. The van der Waals surface area contributed by atoms with Gasteiger partial charge in [0.25, 0.3) is 0 Å². The Labute approximate surface area is 115 Å². The van der Waals surface area contributed by atoms with E-state index in [-0.39, 0.29) is 11.3 Å². The van der Waals surface area contributed by atoms with Crippen LogP contribution in [0.1, 0.15) is 27.2 Å². The number of rotatable bonds is 2. The molecule has 4 heteroatoms. The van der Waals surface area contributed by atoms with Gasteiger partial charge in [-0.3, -0.25) is 9.78 Å². The van der Waals surface area contributed by atoms with Crippen LogP contribution in [0.15, 0.2) is 24.5 Å². The Hall–Kier alpha value is -1.58. The molecule has 1 aliphatic heterocycles. The van der Waals surface area contributed by atoms with Crippen molar-refractivity contribution in [3.05, 3.63) is 24.5 Å². The lowest BCUT2D eigenvalue weighted by Crippen LogP contribution is -2.49. The molecule has 0 radical (unpaired) electrons. The first-order valence-electron chi connectivity index (χ1n) is 6.88. The van der Waals surface area contributed by atoms with Crippen molar-refractivity contribution >= 4 is 11.6 Å². The molecule has 2 rings (SSSR count). The Bertz CT molecular complexity index is 417. The number of pyridine rings is 1. The lowest BCUT2D eigenvalue weighted by molar-refractivity contribution is -0.133. The highest BCUT2D eigenvalue weighted by molar-refractivity contribution is 5.77. The van der Waals surface area contributed by atoms with Crippen LogP contribution in [0.3, 0.4) is 0 Å². The van der Waals surface area contributed by atoms with Crippen LogP contribution in [0, 0.1) is 5.41 Å². The molecule has 0 unspecified atom stereocenters. The Kier molecular flexibility index (Phi) is 4.08. The van der Waals surface area contributed by atoms with Crippen molar-refractivity contribution in [2.45, 2.75) is 27.2 Å². The third kappa shape index (κ3) is 3.94. The average molecular weight is 261 g/mol. The van der Waals surface area contributed by atoms with E-state index in [4.69, 9.17) is 0 Å². The van der Waals surface area contributed by atoms with E-state index in [2.05, 4.69) is 30.7 Å². The summed E-state index contributed by atoms with van der Waals surface area (Å²) in [7, 11) is 0. The van der Waals surface area contributed by atoms with E-state index in [1.165, 1.54) is 5.69 Å². The molecule has 1 aromatic rings. The quantitative estimate of drug-likeness (QED) is 0.818. The van der Waals surface area contributed by atoms with Gasteiger partial charge in [0.2, 0.25) is 5.91 Å². The molecule has 0 N–H and O–H groups in total. The first kappa shape index (κ1) is 13.8. The summed E-state index contributed by atoms with van der Waals surface area (Å²) in [5, 5.41) is 0. The molecule has 104 valence electrons. The molecule has 2 heterocycles. The van der Waals surface area contributed by atoms with Gasteiger partial charge >= 0.3 is 0 Å². The van der Waals surface area contributed by atoms with Gasteiger partial charge in [0.1, 0.15) is 0 Å². The first-order valence-corrected chi connectivity index (χ1v) is 6.88. The van der Waals surface area contributed by atoms with Crippen molar-refractivity contribution < 1.29 is 4.79 Å². The number of carbonyl (C=O) groups is 1. The summed E-state index contributed by atoms with van der Waals surface area (Å²) in [6, 6.07) is 4.04. The number of carbonyl (C=O) groups excluding carboxylic acids is 1. The number of hydrogen-bond donors (Lipinski definition) is 0. The van der Waals surface area contributed by atoms with Crippen molar-refractivity contribution in [3.8, 4) is 0 Å². The molecule has 0 bridgehead atoms. The summed E-state index contributed by atoms with van der Waals surface area (Å²) in [6.07, 6.45) is 4.25. The number of piperazine rings is 1. The van der Waals surface area contributed by atoms with Gasteiger partial charge in [-0.05, 0) is 17.5 Å². The maximum absolute atomic E-state index is 12.2. The monoisotopic (exact) mass is 261 g/mol. The van der Waals surface area contributed by atoms with E-state index < -0.39 is 0 Å². The molecule has 0 aliphatic carbocycles. The molecule has 1 fully saturated rings. The summed E-state index contributed by atoms with van der Waals surface area (Å²) in [6.45, 7) is 9.77. The minimum absolute atomic E-state index is 0.0688. The van der Waals surface area contributed by atoms with Crippen LogP contribution in [-0.2, 0) is 4.79 Å². The average Bonchev–Trinajstić information content (AvgIpc) is 2.38. The summed E-state index contributed by atoms with van der Waals surface area (Å²) < 4.78 is 0. The molecule has 1 amide bonds. The van der Waals surface area contributed by atoms with Crippen molar-refractivity contribution in [3.63, 3.8) is 0 Å². The number of nitrogens with zero attached hydrogens (tertiary/aromatic N) is 3. The smallest absolute Gasteiger partial charge is 0.223 e. The molecule has 1 aliphatic rings. The van der Waals surface area contributed by atoms with Gasteiger partial charge in [-0.1, -0.05) is 20.8 Å². The Morgan fingerprint density at radius 2 is 1.74 bits per heavy atom. The zero-order chi connectivity index (χ0) is 13.9. The highest BCUT2D eigenvalue weighted by Crippen LogP contribution is 2.21. The van der Waals surface area contributed by atoms with Crippen LogP contribution >= 0.6 is 0 Å². The third-order valence-corrected chi connectivity index (χ3v) is 3.34. The lowest BCUT2D eigenvalue weighted by Gasteiger charge is -2.37. The normalized spacial score (nSPS) is 16.6. The van der Waals surface area contributed by atoms with Crippen molar-refractivity contribution in [1.29, 1.82) is 0 Å². The lowest BCUT2D eigenvalue weighted by atomic mass is 9.91. The summed E-state index contributed by atoms with van der Waals surface area (Å²) >= 11 is 0. The fourth-order valence-electron chi connectivity index (χ4n) is 2.33. The molecule has 4 nitrogen and oxygen atoms in total. The van der Waals surface area contributed by atoms with Crippen LogP contribution < -0.4 is 4.90 Å². The highest BCUT2D eigenvalue weighted by Gasteiger charge is 2.24. The van der Waals surface area contributed by atoms with E-state index in [9.17, 15) is 4.79 Å². The maximum atomic E-state index is 12.2. The molecule has 1 aromatic heterocycles. The molecule has 0 spiro atoms. The summed E-state index contributed by atoms with van der Waals surface area (Å²) in [4.78, 5) is 20.5. The number of amides is 1. The first-order chi connectivity index (χ1) is 8.96. The summed E-state index contributed by atoms with van der Waals surface area (Å²) in [5.41, 5.74) is 1.26. The second-order valence-electron chi connectivity index (χ2n) is 6.31. The van der Waals surface area contributed by atoms with Gasteiger partial charge in [0.15, 0.2) is 0 Å². The fraction of sp³-hybridized carbons (Fsp3) is 0.600. The predicted molar refractivity (Wildman–Crippen MR) is 77.1 cm³/mol. The van der Waals surface area contributed by atoms with E-state index in [0.29, 0.717) is 6.42 Å². The van der Waals surface area contributed by atoms with Crippen LogP contribution in [0.2, 0.25) is 0 Å². The minimum atomic E-state index is 0.0688. The molecular formula is C15H23N3O. The molecule has 0 aromatic carbocycles. The van der Waals surface area contributed by atoms with Gasteiger partial charge in [-0.2, -0.15) is 0 Å². The zero-order valence-corrected chi connectivity index (χ0v) is 12.1. The van der Waals surface area contributed by atoms with Gasteiger partial charge in [-0.15, -0.1) is 0 Å². The van der Waals surface area contributed by atoms with Crippen LogP contribution in [0.5, 0.6) is 0 Å². The minimum Gasteiger partial charge on any atom is -0.368 e. The highest BCUT2D eigenvalue weighted by atomic mass is 16.2. The van der Waals surface area contributed by atoms with Crippen molar-refractivity contribution in [1.82, 2.24) is 9.88 Å². The van der Waals surface area contributed by atoms with Gasteiger partial charge in [-0.25, -0.2) is 0 Å². The maximum Gasteiger partial charge on any atom is 0.223 e. The topological polar surface area (TPSA) is 36.4 Å². The van der Waals surface area contributed by atoms with E-state index in [1.54, 1.807) is 0 Å². The van der Waals surface area contributed by atoms with Crippen LogP contribution in [0.25, 0.3) is 0 Å². The third-order valence-electron chi connectivity index (χ3n) is 3.34. The fourth-order valence-corrected chi connectivity index (χ4v) is 2.33. The van der Waals surface area contributed by atoms with E-state index in [0.717, 1.165) is 26.2 Å². The van der Waals surface area contributed by atoms with Crippen molar-refractivity contribution in [2.75, 3.05) is 31.1 Å². The Morgan fingerprint density at radius 1 is 1.16 bits per heavy atom. The van der Waals surface area contributed by atoms with E-state index >= 15 is 0 Å². The largest absolute Gasteiger partial charge is 0.368 e. The predicted octanol–water partition coefficient (Wildman–Crippen LogP) is 2.17. The van der Waals surface area contributed by atoms with Gasteiger partial charge in [0.05, 0.1) is 0 Å². The van der Waals surface area contributed by atoms with Gasteiger partial charge < -0.3 is 9.80 Å². The van der Waals surface area contributed by atoms with Crippen LogP contribution in [0.4, 0.5) is 5.69 Å². The Morgan fingerprint density at radius 3 is 2.26 bits per heavy atom. The van der Waals surface area contributed by atoms with Crippen molar-refractivity contribution in [2.24, 2.45) is 5.41 Å². The van der Waals surface area contributed by atoms with Gasteiger partial charge in [0, 0.05) is 50.7 Å². The zero-order valence-electron chi connectivity index (χ0n) is 12.1. The number of hydrogen-bond acceptors (Lipinski definition) is 3. The standard InChI is InChI=1S/C15H23N3O/c1-15(2,3)12-14(19)18-10-8-17(9-11-18)13-4-6-16-7-5-13/h4-7H,8-12H2,1-3H3. The molecule has 19 heavy (non-hydrogen) atoms. The second-order valence-corrected chi connectivity index (χ2v) is 6.31.